The van der Waals surface area contributed by atoms with Gasteiger partial charge in [-0.15, -0.1) is 0 Å². The lowest BCUT2D eigenvalue weighted by molar-refractivity contribution is -0.0785. The number of benzene rings is 1. The molecule has 4 heteroatoms. The van der Waals surface area contributed by atoms with Crippen LogP contribution in [0.1, 0.15) is 31.2 Å². The van der Waals surface area contributed by atoms with Gasteiger partial charge in [-0.25, -0.2) is 4.39 Å². The van der Waals surface area contributed by atoms with Crippen molar-refractivity contribution in [1.29, 1.82) is 0 Å². The second kappa shape index (κ2) is 4.43. The molecule has 2 aliphatic carbocycles. The minimum atomic E-state index is -1.03. The Bertz CT molecular complexity index is 513. The molecule has 0 radical (unpaired) electrons. The summed E-state index contributed by atoms with van der Waals surface area (Å²) in [6, 6.07) is 3.97. The minimum Gasteiger partial charge on any atom is -0.508 e. The normalized spacial score (nSPS) is 36.0. The SMILES string of the molecule is CN(C)CC12CC1CCCC2(O)c1cc(O)cc(F)c1. The minimum absolute atomic E-state index is 0.115. The Hall–Kier alpha value is -1.13. The third kappa shape index (κ3) is 1.93. The smallest absolute Gasteiger partial charge is 0.127 e. The zero-order valence-corrected chi connectivity index (χ0v) is 12.1. The van der Waals surface area contributed by atoms with E-state index < -0.39 is 11.4 Å². The van der Waals surface area contributed by atoms with Crippen LogP contribution in [-0.2, 0) is 5.60 Å². The van der Waals surface area contributed by atoms with Crippen molar-refractivity contribution >= 4 is 0 Å². The highest BCUT2D eigenvalue weighted by Gasteiger charge is 2.67. The van der Waals surface area contributed by atoms with Crippen molar-refractivity contribution in [1.82, 2.24) is 4.90 Å². The van der Waals surface area contributed by atoms with Crippen molar-refractivity contribution in [2.24, 2.45) is 11.3 Å². The molecule has 3 rings (SSSR count). The van der Waals surface area contributed by atoms with Gasteiger partial charge in [0.2, 0.25) is 0 Å². The summed E-state index contributed by atoms with van der Waals surface area (Å²) >= 11 is 0. The third-order valence-corrected chi connectivity index (χ3v) is 5.11. The molecule has 3 unspecified atom stereocenters. The molecule has 110 valence electrons. The number of nitrogens with zero attached hydrogens (tertiary/aromatic N) is 1. The van der Waals surface area contributed by atoms with Crippen molar-refractivity contribution in [3.05, 3.63) is 29.6 Å². The van der Waals surface area contributed by atoms with E-state index in [1.165, 1.54) is 12.1 Å². The monoisotopic (exact) mass is 279 g/mol. The zero-order valence-electron chi connectivity index (χ0n) is 12.1. The van der Waals surface area contributed by atoms with Crippen LogP contribution >= 0.6 is 0 Å². The molecule has 0 saturated heterocycles. The topological polar surface area (TPSA) is 43.7 Å². The fourth-order valence-corrected chi connectivity index (χ4v) is 4.25. The average Bonchev–Trinajstić information content (AvgIpc) is 3.02. The average molecular weight is 279 g/mol. The van der Waals surface area contributed by atoms with Gasteiger partial charge in [0.1, 0.15) is 11.6 Å². The first-order valence-electron chi connectivity index (χ1n) is 7.24. The van der Waals surface area contributed by atoms with Crippen LogP contribution in [-0.4, -0.2) is 35.8 Å². The number of rotatable bonds is 3. The summed E-state index contributed by atoms with van der Waals surface area (Å²) in [6.45, 7) is 0.797. The fraction of sp³-hybridized carbons (Fsp3) is 0.625. The van der Waals surface area contributed by atoms with Crippen LogP contribution in [0.15, 0.2) is 18.2 Å². The molecule has 2 aliphatic rings. The number of phenols is 1. The van der Waals surface area contributed by atoms with Gasteiger partial charge in [-0.3, -0.25) is 0 Å². The molecule has 0 heterocycles. The van der Waals surface area contributed by atoms with Gasteiger partial charge in [-0.1, -0.05) is 0 Å². The van der Waals surface area contributed by atoms with Crippen LogP contribution in [0.3, 0.4) is 0 Å². The van der Waals surface area contributed by atoms with Crippen LogP contribution in [0.5, 0.6) is 5.75 Å². The molecule has 1 aromatic carbocycles. The maximum atomic E-state index is 13.6. The molecule has 3 nitrogen and oxygen atoms in total. The largest absolute Gasteiger partial charge is 0.508 e. The van der Waals surface area contributed by atoms with E-state index in [4.69, 9.17) is 0 Å². The van der Waals surface area contributed by atoms with E-state index in [-0.39, 0.29) is 11.2 Å². The zero-order chi connectivity index (χ0) is 14.5. The highest BCUT2D eigenvalue weighted by atomic mass is 19.1. The molecule has 2 N–H and O–H groups in total. The second-order valence-electron chi connectivity index (χ2n) is 6.75. The summed E-state index contributed by atoms with van der Waals surface area (Å²) in [5.74, 6) is -0.0959. The lowest BCUT2D eigenvalue weighted by Crippen LogP contribution is -2.45. The number of hydrogen-bond acceptors (Lipinski definition) is 3. The predicted molar refractivity (Wildman–Crippen MR) is 74.9 cm³/mol. The molecule has 0 amide bonds. The molecule has 20 heavy (non-hydrogen) atoms. The van der Waals surface area contributed by atoms with E-state index in [0.29, 0.717) is 17.9 Å². The maximum Gasteiger partial charge on any atom is 0.127 e. The van der Waals surface area contributed by atoms with Crippen molar-refractivity contribution in [2.75, 3.05) is 20.6 Å². The van der Waals surface area contributed by atoms with Crippen molar-refractivity contribution in [3.8, 4) is 5.75 Å². The fourth-order valence-electron chi connectivity index (χ4n) is 4.25. The first-order chi connectivity index (χ1) is 9.37. The highest BCUT2D eigenvalue weighted by molar-refractivity contribution is 5.37. The summed E-state index contributed by atoms with van der Waals surface area (Å²) in [5.41, 5.74) is -0.687. The Labute approximate surface area is 119 Å². The second-order valence-corrected chi connectivity index (χ2v) is 6.75. The Morgan fingerprint density at radius 2 is 2.10 bits per heavy atom. The lowest BCUT2D eigenvalue weighted by Gasteiger charge is -2.42. The van der Waals surface area contributed by atoms with Crippen molar-refractivity contribution in [2.45, 2.75) is 31.3 Å². The predicted octanol–water partition coefficient (Wildman–Crippen LogP) is 2.47. The summed E-state index contributed by atoms with van der Waals surface area (Å²) < 4.78 is 13.6. The molecule has 2 saturated carbocycles. The van der Waals surface area contributed by atoms with Gasteiger partial charge in [0.05, 0.1) is 5.60 Å². The quantitative estimate of drug-likeness (QED) is 0.893. The molecular weight excluding hydrogens is 257 g/mol. The van der Waals surface area contributed by atoms with Crippen LogP contribution in [0.2, 0.25) is 0 Å². The Kier molecular flexibility index (Phi) is 3.07. The Morgan fingerprint density at radius 1 is 1.35 bits per heavy atom. The molecule has 3 atom stereocenters. The van der Waals surface area contributed by atoms with Gasteiger partial charge in [0, 0.05) is 18.0 Å². The van der Waals surface area contributed by atoms with Crippen LogP contribution in [0.4, 0.5) is 4.39 Å². The lowest BCUT2D eigenvalue weighted by atomic mass is 9.69. The van der Waals surface area contributed by atoms with Crippen molar-refractivity contribution < 1.29 is 14.6 Å². The molecule has 0 aliphatic heterocycles. The molecule has 1 aromatic rings. The van der Waals surface area contributed by atoms with Gasteiger partial charge < -0.3 is 15.1 Å². The van der Waals surface area contributed by atoms with Gasteiger partial charge in [0.15, 0.2) is 0 Å². The summed E-state index contributed by atoms with van der Waals surface area (Å²) in [7, 11) is 4.00. The summed E-state index contributed by atoms with van der Waals surface area (Å²) in [5, 5.41) is 20.9. The van der Waals surface area contributed by atoms with Gasteiger partial charge in [-0.05, 0) is 63.4 Å². The van der Waals surface area contributed by atoms with Gasteiger partial charge >= 0.3 is 0 Å². The Balaban J connectivity index is 2.03. The molecule has 0 aromatic heterocycles. The standard InChI is InChI=1S/C16H22FNO2/c1-18(2)10-15-9-11(15)4-3-5-16(15,20)12-6-13(17)8-14(19)7-12/h6-8,11,19-20H,3-5,9-10H2,1-2H3. The number of fused-ring (bicyclic) bond motifs is 1. The molecule has 2 fully saturated rings. The van der Waals surface area contributed by atoms with Crippen LogP contribution in [0, 0.1) is 17.2 Å². The van der Waals surface area contributed by atoms with E-state index in [1.807, 2.05) is 14.1 Å². The number of hydrogen-bond donors (Lipinski definition) is 2. The van der Waals surface area contributed by atoms with Crippen LogP contribution < -0.4 is 0 Å². The highest BCUT2D eigenvalue weighted by Crippen LogP contribution is 2.69. The van der Waals surface area contributed by atoms with E-state index in [1.54, 1.807) is 0 Å². The third-order valence-electron chi connectivity index (χ3n) is 5.11. The van der Waals surface area contributed by atoms with E-state index in [9.17, 15) is 14.6 Å². The van der Waals surface area contributed by atoms with Crippen molar-refractivity contribution in [3.63, 3.8) is 0 Å². The summed E-state index contributed by atoms with van der Waals surface area (Å²) in [4.78, 5) is 2.09. The maximum absolute atomic E-state index is 13.6. The van der Waals surface area contributed by atoms with E-state index in [0.717, 1.165) is 31.9 Å². The summed E-state index contributed by atoms with van der Waals surface area (Å²) in [6.07, 6.45) is 3.71. The van der Waals surface area contributed by atoms with Crippen LogP contribution in [0.25, 0.3) is 0 Å². The first-order valence-corrected chi connectivity index (χ1v) is 7.24. The number of aromatic hydroxyl groups is 1. The van der Waals surface area contributed by atoms with Gasteiger partial charge in [-0.2, -0.15) is 0 Å². The molecular formula is C16H22FNO2. The molecule has 0 bridgehead atoms. The number of aliphatic hydroxyl groups is 1. The van der Waals surface area contributed by atoms with E-state index >= 15 is 0 Å². The van der Waals surface area contributed by atoms with Gasteiger partial charge in [0.25, 0.3) is 0 Å². The molecule has 0 spiro atoms. The Morgan fingerprint density at radius 3 is 2.75 bits per heavy atom. The van der Waals surface area contributed by atoms with E-state index in [2.05, 4.69) is 4.90 Å². The number of phenolic OH excluding ortho intramolecular Hbond substituents is 1. The first kappa shape index (κ1) is 13.8. The number of halogens is 1.